The van der Waals surface area contributed by atoms with E-state index in [0.717, 1.165) is 19.3 Å². The summed E-state index contributed by atoms with van der Waals surface area (Å²) in [4.78, 5) is 2.00. The molecule has 1 aliphatic heterocycles. The third-order valence-electron chi connectivity index (χ3n) is 5.15. The highest BCUT2D eigenvalue weighted by atomic mass is 32.2. The fourth-order valence-corrected chi connectivity index (χ4v) is 5.34. The molecule has 0 radical (unpaired) electrons. The molecule has 0 bridgehead atoms. The fourth-order valence-electron chi connectivity index (χ4n) is 4.00. The minimum Gasteiger partial charge on any atom is -0.331 e. The highest BCUT2D eigenvalue weighted by molar-refractivity contribution is 7.89. The van der Waals surface area contributed by atoms with E-state index in [0.29, 0.717) is 10.9 Å². The second-order valence-corrected chi connectivity index (χ2v) is 8.36. The van der Waals surface area contributed by atoms with Crippen LogP contribution in [0.1, 0.15) is 44.9 Å². The molecule has 2 aliphatic rings. The molecule has 3 rings (SSSR count). The number of nitrogens with one attached hydrogen (secondary N) is 2. The second kappa shape index (κ2) is 7.11. The maximum atomic E-state index is 12.6. The summed E-state index contributed by atoms with van der Waals surface area (Å²) in [5.41, 5.74) is 0. The zero-order valence-corrected chi connectivity index (χ0v) is 13.9. The Morgan fingerprint density at radius 1 is 0.909 bits per heavy atom. The van der Waals surface area contributed by atoms with Crippen molar-refractivity contribution in [2.45, 2.75) is 61.9 Å². The van der Waals surface area contributed by atoms with E-state index >= 15 is 0 Å². The van der Waals surface area contributed by atoms with Gasteiger partial charge in [0, 0.05) is 6.42 Å². The van der Waals surface area contributed by atoms with Crippen LogP contribution in [0.4, 0.5) is 0 Å². The van der Waals surface area contributed by atoms with E-state index in [1.165, 1.54) is 38.8 Å². The second-order valence-electron chi connectivity index (χ2n) is 6.65. The van der Waals surface area contributed by atoms with Crippen molar-refractivity contribution in [3.05, 3.63) is 30.3 Å². The van der Waals surface area contributed by atoms with Gasteiger partial charge in [-0.3, -0.25) is 0 Å². The van der Waals surface area contributed by atoms with Gasteiger partial charge >= 0.3 is 0 Å². The summed E-state index contributed by atoms with van der Waals surface area (Å²) in [5, 5.41) is 0. The minimum absolute atomic E-state index is 0.0899. The van der Waals surface area contributed by atoms with Gasteiger partial charge in [0.15, 0.2) is 0 Å². The van der Waals surface area contributed by atoms with E-state index < -0.39 is 10.0 Å². The zero-order valence-electron chi connectivity index (χ0n) is 13.1. The summed E-state index contributed by atoms with van der Waals surface area (Å²) in [6.45, 7) is 2.41. The van der Waals surface area contributed by atoms with Gasteiger partial charge in [0.25, 0.3) is 0 Å². The molecule has 2 fully saturated rings. The maximum Gasteiger partial charge on any atom is 0.241 e. The fraction of sp³-hybridized carbons (Fsp3) is 0.647. The molecular formula is C17H27N2O2S+. The third-order valence-corrected chi connectivity index (χ3v) is 6.65. The van der Waals surface area contributed by atoms with Crippen molar-refractivity contribution in [2.75, 3.05) is 13.1 Å². The van der Waals surface area contributed by atoms with Gasteiger partial charge in [0.05, 0.1) is 24.0 Å². The quantitative estimate of drug-likeness (QED) is 0.879. The van der Waals surface area contributed by atoms with Crippen LogP contribution < -0.4 is 9.62 Å². The van der Waals surface area contributed by atoms with Gasteiger partial charge in [-0.05, 0) is 44.2 Å². The molecular weight excluding hydrogens is 296 g/mol. The molecule has 5 heteroatoms. The zero-order chi connectivity index (χ0) is 15.4. The number of hydrogen-bond donors (Lipinski definition) is 2. The predicted molar refractivity (Wildman–Crippen MR) is 87.4 cm³/mol. The molecule has 0 unspecified atom stereocenters. The number of hydrogen-bond acceptors (Lipinski definition) is 2. The van der Waals surface area contributed by atoms with Crippen molar-refractivity contribution < 1.29 is 13.3 Å². The van der Waals surface area contributed by atoms with Crippen molar-refractivity contribution >= 4 is 10.0 Å². The standard InChI is InChI=1S/C17H26N2O2S/c20-22(21,15-9-3-1-4-10-15)18-16-11-5-6-12-17(16)19-13-7-2-8-14-19/h1,3-4,9-10,16-18H,2,5-8,11-14H2/p+1/t16-,17-/m1/s1. The molecule has 0 spiro atoms. The Morgan fingerprint density at radius 2 is 1.59 bits per heavy atom. The lowest BCUT2D eigenvalue weighted by Gasteiger charge is -2.39. The average molecular weight is 323 g/mol. The van der Waals surface area contributed by atoms with E-state index in [1.807, 2.05) is 6.07 Å². The molecule has 1 heterocycles. The van der Waals surface area contributed by atoms with Crippen LogP contribution in [-0.2, 0) is 10.0 Å². The van der Waals surface area contributed by atoms with E-state index in [4.69, 9.17) is 0 Å². The summed E-state index contributed by atoms with van der Waals surface area (Å²) >= 11 is 0. The van der Waals surface area contributed by atoms with Crippen LogP contribution in [0.2, 0.25) is 0 Å². The summed E-state index contributed by atoms with van der Waals surface area (Å²) in [5.74, 6) is 0. The summed E-state index contributed by atoms with van der Waals surface area (Å²) < 4.78 is 28.2. The molecule has 2 atom stereocenters. The monoisotopic (exact) mass is 323 g/mol. The molecule has 2 N–H and O–H groups in total. The Bertz CT molecular complexity index is 568. The number of likely N-dealkylation sites (tertiary alicyclic amines) is 1. The Hall–Kier alpha value is -0.910. The Morgan fingerprint density at radius 3 is 2.32 bits per heavy atom. The van der Waals surface area contributed by atoms with Crippen LogP contribution in [0.25, 0.3) is 0 Å². The predicted octanol–water partition coefficient (Wildman–Crippen LogP) is 1.34. The lowest BCUT2D eigenvalue weighted by molar-refractivity contribution is -0.932. The van der Waals surface area contributed by atoms with Crippen LogP contribution in [0, 0.1) is 0 Å². The van der Waals surface area contributed by atoms with Gasteiger partial charge in [0.2, 0.25) is 10.0 Å². The molecule has 4 nitrogen and oxygen atoms in total. The van der Waals surface area contributed by atoms with Gasteiger partial charge in [-0.25, -0.2) is 13.1 Å². The highest BCUT2D eigenvalue weighted by Crippen LogP contribution is 2.20. The topological polar surface area (TPSA) is 50.6 Å². The van der Waals surface area contributed by atoms with Crippen LogP contribution in [0.3, 0.4) is 0 Å². The van der Waals surface area contributed by atoms with Crippen molar-refractivity contribution in [1.82, 2.24) is 4.72 Å². The van der Waals surface area contributed by atoms with E-state index in [-0.39, 0.29) is 6.04 Å². The summed E-state index contributed by atoms with van der Waals surface area (Å²) in [7, 11) is -3.39. The Kier molecular flexibility index (Phi) is 5.16. The lowest BCUT2D eigenvalue weighted by atomic mass is 9.89. The van der Waals surface area contributed by atoms with Gasteiger partial charge in [-0.2, -0.15) is 0 Å². The first kappa shape index (κ1) is 16.0. The average Bonchev–Trinajstić information content (AvgIpc) is 2.57. The molecule has 122 valence electrons. The van der Waals surface area contributed by atoms with E-state index in [9.17, 15) is 8.42 Å². The SMILES string of the molecule is O=S(=O)(N[C@@H]1CCCC[C@H]1[NH+]1CCCCC1)c1ccccc1. The first-order chi connectivity index (χ1) is 10.7. The van der Waals surface area contributed by atoms with Crippen LogP contribution in [0.15, 0.2) is 35.2 Å². The number of piperidine rings is 1. The Labute approximate surface area is 134 Å². The molecule has 1 aliphatic carbocycles. The van der Waals surface area contributed by atoms with Crippen LogP contribution >= 0.6 is 0 Å². The Balaban J connectivity index is 1.73. The van der Waals surface area contributed by atoms with Crippen molar-refractivity contribution in [3.8, 4) is 0 Å². The molecule has 1 saturated heterocycles. The van der Waals surface area contributed by atoms with Gasteiger partial charge in [-0.1, -0.05) is 24.6 Å². The third kappa shape index (κ3) is 3.70. The largest absolute Gasteiger partial charge is 0.331 e. The van der Waals surface area contributed by atoms with Gasteiger partial charge in [0.1, 0.15) is 6.04 Å². The number of benzene rings is 1. The summed E-state index contributed by atoms with van der Waals surface area (Å²) in [6.07, 6.45) is 8.38. The minimum atomic E-state index is -3.39. The highest BCUT2D eigenvalue weighted by Gasteiger charge is 2.36. The molecule has 0 aromatic heterocycles. The molecule has 0 amide bonds. The molecule has 1 saturated carbocycles. The van der Waals surface area contributed by atoms with Gasteiger partial charge < -0.3 is 4.90 Å². The normalized spacial score (nSPS) is 27.6. The number of rotatable bonds is 4. The first-order valence-electron chi connectivity index (χ1n) is 8.59. The molecule has 1 aromatic rings. The molecule has 1 aromatic carbocycles. The smallest absolute Gasteiger partial charge is 0.241 e. The van der Waals surface area contributed by atoms with E-state index in [2.05, 4.69) is 4.72 Å². The van der Waals surface area contributed by atoms with Crippen molar-refractivity contribution in [1.29, 1.82) is 0 Å². The maximum absolute atomic E-state index is 12.6. The van der Waals surface area contributed by atoms with Gasteiger partial charge in [-0.15, -0.1) is 0 Å². The van der Waals surface area contributed by atoms with Crippen LogP contribution in [-0.4, -0.2) is 33.6 Å². The van der Waals surface area contributed by atoms with Crippen molar-refractivity contribution in [3.63, 3.8) is 0 Å². The number of sulfonamides is 1. The first-order valence-corrected chi connectivity index (χ1v) is 10.1. The van der Waals surface area contributed by atoms with E-state index in [1.54, 1.807) is 29.2 Å². The number of quaternary nitrogens is 1. The van der Waals surface area contributed by atoms with Crippen molar-refractivity contribution in [2.24, 2.45) is 0 Å². The molecule has 22 heavy (non-hydrogen) atoms. The summed E-state index contributed by atoms with van der Waals surface area (Å²) in [6, 6.07) is 9.30. The van der Waals surface area contributed by atoms with Crippen LogP contribution in [0.5, 0.6) is 0 Å². The lowest BCUT2D eigenvalue weighted by Crippen LogP contribution is -3.18.